The van der Waals surface area contributed by atoms with Crippen molar-refractivity contribution < 1.29 is 4.74 Å². The number of H-pyrrole nitrogens is 1. The van der Waals surface area contributed by atoms with Gasteiger partial charge in [-0.2, -0.15) is 0 Å². The molecule has 6 heteroatoms. The maximum atomic E-state index is 11.3. The van der Waals surface area contributed by atoms with Crippen molar-refractivity contribution in [2.24, 2.45) is 7.05 Å². The van der Waals surface area contributed by atoms with Crippen LogP contribution in [0.1, 0.15) is 6.92 Å². The standard InChI is InChI=1S/C9H15N3O3/c1-6(5-15-3)10-7-4-8(13)12(2)9(14)11-7/h4,6,10H,5H2,1-3H3,(H,11,14)/t6-/m1/s1. The van der Waals surface area contributed by atoms with Gasteiger partial charge in [-0.3, -0.25) is 14.3 Å². The SMILES string of the molecule is COC[C@@H](C)Nc1cc(=O)n(C)c(=O)[nH]1. The number of ether oxygens (including phenoxy) is 1. The summed E-state index contributed by atoms with van der Waals surface area (Å²) < 4.78 is 5.93. The van der Waals surface area contributed by atoms with Gasteiger partial charge in [0.1, 0.15) is 5.82 Å². The summed E-state index contributed by atoms with van der Waals surface area (Å²) in [5.41, 5.74) is -0.777. The molecule has 0 aliphatic heterocycles. The molecule has 1 aromatic heterocycles. The second kappa shape index (κ2) is 4.79. The third kappa shape index (κ3) is 2.95. The summed E-state index contributed by atoms with van der Waals surface area (Å²) in [6.07, 6.45) is 0. The van der Waals surface area contributed by atoms with E-state index in [-0.39, 0.29) is 11.6 Å². The Kier molecular flexibility index (Phi) is 3.68. The maximum Gasteiger partial charge on any atom is 0.329 e. The molecule has 1 atom stereocenters. The number of aromatic amines is 1. The van der Waals surface area contributed by atoms with E-state index >= 15 is 0 Å². The van der Waals surface area contributed by atoms with Gasteiger partial charge in [0.25, 0.3) is 5.56 Å². The van der Waals surface area contributed by atoms with Crippen molar-refractivity contribution in [3.63, 3.8) is 0 Å². The molecule has 1 heterocycles. The highest BCUT2D eigenvalue weighted by Gasteiger charge is 2.04. The third-order valence-electron chi connectivity index (χ3n) is 1.96. The zero-order chi connectivity index (χ0) is 11.4. The third-order valence-corrected chi connectivity index (χ3v) is 1.96. The lowest BCUT2D eigenvalue weighted by atomic mass is 10.3. The molecule has 0 saturated carbocycles. The number of hydrogen-bond donors (Lipinski definition) is 2. The van der Waals surface area contributed by atoms with Crippen molar-refractivity contribution in [3.8, 4) is 0 Å². The molecule has 0 saturated heterocycles. The minimum absolute atomic E-state index is 0.0257. The van der Waals surface area contributed by atoms with E-state index < -0.39 is 5.69 Å². The first-order chi connectivity index (χ1) is 7.04. The summed E-state index contributed by atoms with van der Waals surface area (Å²) in [7, 11) is 3.01. The molecular weight excluding hydrogens is 198 g/mol. The Morgan fingerprint density at radius 2 is 2.27 bits per heavy atom. The number of rotatable bonds is 4. The fourth-order valence-electron chi connectivity index (χ4n) is 1.19. The second-order valence-electron chi connectivity index (χ2n) is 3.39. The zero-order valence-electron chi connectivity index (χ0n) is 9.03. The summed E-state index contributed by atoms with van der Waals surface area (Å²) in [5.74, 6) is 0.410. The highest BCUT2D eigenvalue weighted by atomic mass is 16.5. The van der Waals surface area contributed by atoms with Crippen LogP contribution in [0.25, 0.3) is 0 Å². The minimum atomic E-state index is -0.436. The topological polar surface area (TPSA) is 76.1 Å². The zero-order valence-corrected chi connectivity index (χ0v) is 9.03. The van der Waals surface area contributed by atoms with E-state index in [2.05, 4.69) is 10.3 Å². The molecule has 15 heavy (non-hydrogen) atoms. The molecule has 84 valence electrons. The van der Waals surface area contributed by atoms with Gasteiger partial charge >= 0.3 is 5.69 Å². The fraction of sp³-hybridized carbons (Fsp3) is 0.556. The summed E-state index contributed by atoms with van der Waals surface area (Å²) in [4.78, 5) is 25.1. The minimum Gasteiger partial charge on any atom is -0.383 e. The van der Waals surface area contributed by atoms with Crippen LogP contribution in [-0.4, -0.2) is 29.3 Å². The number of nitrogens with one attached hydrogen (secondary N) is 2. The van der Waals surface area contributed by atoms with E-state index in [1.165, 1.54) is 13.1 Å². The van der Waals surface area contributed by atoms with Gasteiger partial charge in [0.2, 0.25) is 0 Å². The molecule has 0 unspecified atom stereocenters. The molecule has 0 fully saturated rings. The van der Waals surface area contributed by atoms with Gasteiger partial charge in [-0.1, -0.05) is 0 Å². The van der Waals surface area contributed by atoms with Gasteiger partial charge in [0.05, 0.1) is 6.61 Å². The predicted octanol–water partition coefficient (Wildman–Crippen LogP) is -0.480. The molecule has 0 spiro atoms. The molecule has 1 aromatic rings. The van der Waals surface area contributed by atoms with Crippen LogP contribution < -0.4 is 16.6 Å². The maximum absolute atomic E-state index is 11.3. The fourth-order valence-corrected chi connectivity index (χ4v) is 1.19. The average Bonchev–Trinajstić information content (AvgIpc) is 2.14. The Morgan fingerprint density at radius 1 is 1.60 bits per heavy atom. The largest absolute Gasteiger partial charge is 0.383 e. The Morgan fingerprint density at radius 3 is 2.80 bits per heavy atom. The van der Waals surface area contributed by atoms with Gasteiger partial charge in [-0.25, -0.2) is 4.79 Å². The number of methoxy groups -OCH3 is 1. The van der Waals surface area contributed by atoms with Crippen molar-refractivity contribution in [2.75, 3.05) is 19.0 Å². The molecule has 2 N–H and O–H groups in total. The lowest BCUT2D eigenvalue weighted by Gasteiger charge is -2.13. The van der Waals surface area contributed by atoms with E-state index in [1.807, 2.05) is 6.92 Å². The first-order valence-electron chi connectivity index (χ1n) is 4.60. The van der Waals surface area contributed by atoms with Gasteiger partial charge in [-0.15, -0.1) is 0 Å². The van der Waals surface area contributed by atoms with Crippen LogP contribution in [0.15, 0.2) is 15.7 Å². The second-order valence-corrected chi connectivity index (χ2v) is 3.39. The molecule has 0 radical (unpaired) electrons. The van der Waals surface area contributed by atoms with E-state index in [0.29, 0.717) is 12.4 Å². The molecule has 0 bridgehead atoms. The molecule has 6 nitrogen and oxygen atoms in total. The van der Waals surface area contributed by atoms with Crippen LogP contribution >= 0.6 is 0 Å². The quantitative estimate of drug-likeness (QED) is 0.708. The predicted molar refractivity (Wildman–Crippen MR) is 57.3 cm³/mol. The average molecular weight is 213 g/mol. The monoisotopic (exact) mass is 213 g/mol. The van der Waals surface area contributed by atoms with Crippen molar-refractivity contribution in [2.45, 2.75) is 13.0 Å². The van der Waals surface area contributed by atoms with E-state index in [9.17, 15) is 9.59 Å². The molecule has 0 aliphatic carbocycles. The number of hydrogen-bond acceptors (Lipinski definition) is 4. The van der Waals surface area contributed by atoms with Gasteiger partial charge in [0.15, 0.2) is 0 Å². The summed E-state index contributed by atoms with van der Waals surface area (Å²) in [6, 6.07) is 1.37. The van der Waals surface area contributed by atoms with Crippen molar-refractivity contribution in [1.29, 1.82) is 0 Å². The highest BCUT2D eigenvalue weighted by molar-refractivity contribution is 5.32. The van der Waals surface area contributed by atoms with Crippen molar-refractivity contribution in [1.82, 2.24) is 9.55 Å². The molecular formula is C9H15N3O3. The van der Waals surface area contributed by atoms with Crippen LogP contribution in [0.2, 0.25) is 0 Å². The van der Waals surface area contributed by atoms with Gasteiger partial charge in [-0.05, 0) is 6.92 Å². The van der Waals surface area contributed by atoms with Crippen LogP contribution in [0.3, 0.4) is 0 Å². The Labute approximate surface area is 86.9 Å². The normalized spacial score (nSPS) is 12.5. The highest BCUT2D eigenvalue weighted by Crippen LogP contribution is 1.97. The lowest BCUT2D eigenvalue weighted by molar-refractivity contribution is 0.190. The molecule has 0 amide bonds. The molecule has 0 aromatic carbocycles. The van der Waals surface area contributed by atoms with E-state index in [1.54, 1.807) is 7.11 Å². The van der Waals surface area contributed by atoms with Gasteiger partial charge in [0, 0.05) is 26.3 Å². The van der Waals surface area contributed by atoms with Gasteiger partial charge < -0.3 is 10.1 Å². The summed E-state index contributed by atoms with van der Waals surface area (Å²) >= 11 is 0. The molecule has 1 rings (SSSR count). The van der Waals surface area contributed by atoms with Crippen LogP contribution in [0, 0.1) is 0 Å². The lowest BCUT2D eigenvalue weighted by Crippen LogP contribution is -2.34. The van der Waals surface area contributed by atoms with Crippen molar-refractivity contribution in [3.05, 3.63) is 26.9 Å². The van der Waals surface area contributed by atoms with E-state index in [4.69, 9.17) is 4.74 Å². The smallest absolute Gasteiger partial charge is 0.329 e. The first-order valence-corrected chi connectivity index (χ1v) is 4.60. The van der Waals surface area contributed by atoms with Crippen LogP contribution in [-0.2, 0) is 11.8 Å². The number of aromatic nitrogens is 2. The van der Waals surface area contributed by atoms with Crippen LogP contribution in [0.4, 0.5) is 5.82 Å². The summed E-state index contributed by atoms with van der Waals surface area (Å²) in [6.45, 7) is 2.39. The van der Waals surface area contributed by atoms with E-state index in [0.717, 1.165) is 4.57 Å². The summed E-state index contributed by atoms with van der Waals surface area (Å²) in [5, 5.41) is 2.96. The molecule has 0 aliphatic rings. The van der Waals surface area contributed by atoms with Crippen molar-refractivity contribution >= 4 is 5.82 Å². The Bertz CT molecular complexity index is 404. The number of nitrogens with zero attached hydrogens (tertiary/aromatic N) is 1. The Hall–Kier alpha value is -1.56. The number of anilines is 1. The van der Waals surface area contributed by atoms with Crippen LogP contribution in [0.5, 0.6) is 0 Å². The Balaban J connectivity index is 2.88. The first kappa shape index (κ1) is 11.5.